The molecular weight excluding hydrogens is 274 g/mol. The monoisotopic (exact) mass is 281 g/mol. The minimum absolute atomic E-state index is 0.206. The number of aromatic nitrogens is 2. The van der Waals surface area contributed by atoms with Crippen molar-refractivity contribution >= 4 is 23.1 Å². The topological polar surface area (TPSA) is 68.0 Å². The Hall–Kier alpha value is -1.84. The Morgan fingerprint density at radius 3 is 2.89 bits per heavy atom. The van der Waals surface area contributed by atoms with E-state index in [1.165, 1.54) is 7.11 Å². The van der Waals surface area contributed by atoms with Crippen molar-refractivity contribution in [1.82, 2.24) is 9.59 Å². The summed E-state index contributed by atoms with van der Waals surface area (Å²) >= 11 is 6.97. The standard InChI is InChI=1S/C11H8ClN3O2S/c1-16-10-4-7(5-13)2-3-9(10)17-6-8-11(12)18-15-14-8/h2-4H,6H2,1H3. The molecule has 2 rings (SSSR count). The summed E-state index contributed by atoms with van der Waals surface area (Å²) < 4.78 is 14.9. The minimum atomic E-state index is 0.206. The van der Waals surface area contributed by atoms with Gasteiger partial charge in [0, 0.05) is 17.6 Å². The van der Waals surface area contributed by atoms with Gasteiger partial charge in [-0.15, -0.1) is 5.10 Å². The zero-order chi connectivity index (χ0) is 13.0. The summed E-state index contributed by atoms with van der Waals surface area (Å²) in [4.78, 5) is 0. The van der Waals surface area contributed by atoms with Gasteiger partial charge in [-0.25, -0.2) is 0 Å². The Bertz CT molecular complexity index is 594. The minimum Gasteiger partial charge on any atom is -0.493 e. The Kier molecular flexibility index (Phi) is 3.97. The third kappa shape index (κ3) is 2.70. The zero-order valence-corrected chi connectivity index (χ0v) is 11.0. The van der Waals surface area contributed by atoms with Crippen LogP contribution in [0.5, 0.6) is 11.5 Å². The molecule has 7 heteroatoms. The molecule has 5 nitrogen and oxygen atoms in total. The van der Waals surface area contributed by atoms with Crippen molar-refractivity contribution in [3.63, 3.8) is 0 Å². The summed E-state index contributed by atoms with van der Waals surface area (Å²) in [6, 6.07) is 6.96. The maximum atomic E-state index is 8.78. The second kappa shape index (κ2) is 5.67. The molecule has 0 saturated heterocycles. The van der Waals surface area contributed by atoms with E-state index in [-0.39, 0.29) is 6.61 Å². The fourth-order valence-corrected chi connectivity index (χ4v) is 1.89. The number of benzene rings is 1. The number of halogens is 1. The van der Waals surface area contributed by atoms with Gasteiger partial charge >= 0.3 is 0 Å². The molecule has 0 atom stereocenters. The van der Waals surface area contributed by atoms with Gasteiger partial charge in [0.2, 0.25) is 0 Å². The molecule has 92 valence electrons. The molecule has 0 N–H and O–H groups in total. The first kappa shape index (κ1) is 12.6. The van der Waals surface area contributed by atoms with E-state index in [9.17, 15) is 0 Å². The maximum Gasteiger partial charge on any atom is 0.162 e. The lowest BCUT2D eigenvalue weighted by atomic mass is 10.2. The SMILES string of the molecule is COc1cc(C#N)ccc1OCc1nnsc1Cl. The van der Waals surface area contributed by atoms with E-state index in [4.69, 9.17) is 26.3 Å². The van der Waals surface area contributed by atoms with Gasteiger partial charge in [0.15, 0.2) is 11.5 Å². The van der Waals surface area contributed by atoms with E-state index in [0.29, 0.717) is 27.1 Å². The van der Waals surface area contributed by atoms with Crippen LogP contribution in [-0.4, -0.2) is 16.7 Å². The molecule has 0 amide bonds. The molecule has 0 fully saturated rings. The number of hydrogen-bond acceptors (Lipinski definition) is 6. The van der Waals surface area contributed by atoms with Crippen LogP contribution in [0.1, 0.15) is 11.3 Å². The smallest absolute Gasteiger partial charge is 0.162 e. The van der Waals surface area contributed by atoms with E-state index in [2.05, 4.69) is 9.59 Å². The number of methoxy groups -OCH3 is 1. The molecule has 0 unspecified atom stereocenters. The number of nitriles is 1. The molecule has 1 aromatic heterocycles. The first-order valence-corrected chi connectivity index (χ1v) is 6.07. The summed E-state index contributed by atoms with van der Waals surface area (Å²) in [6.07, 6.45) is 0. The van der Waals surface area contributed by atoms with Gasteiger partial charge in [-0.2, -0.15) is 5.26 Å². The lowest BCUT2D eigenvalue weighted by Gasteiger charge is -2.09. The van der Waals surface area contributed by atoms with Crippen LogP contribution >= 0.6 is 23.1 Å². The summed E-state index contributed by atoms with van der Waals surface area (Å²) in [6.45, 7) is 0.206. The van der Waals surface area contributed by atoms with Gasteiger partial charge in [-0.1, -0.05) is 16.1 Å². The molecule has 18 heavy (non-hydrogen) atoms. The first-order chi connectivity index (χ1) is 8.74. The van der Waals surface area contributed by atoms with Crippen LogP contribution in [0.4, 0.5) is 0 Å². The van der Waals surface area contributed by atoms with Gasteiger partial charge in [0.05, 0.1) is 18.7 Å². The largest absolute Gasteiger partial charge is 0.493 e. The Morgan fingerprint density at radius 1 is 1.44 bits per heavy atom. The highest BCUT2D eigenvalue weighted by molar-refractivity contribution is 7.10. The number of ether oxygens (including phenoxy) is 2. The van der Waals surface area contributed by atoms with Crippen LogP contribution < -0.4 is 9.47 Å². The van der Waals surface area contributed by atoms with Crippen LogP contribution in [0.25, 0.3) is 0 Å². The zero-order valence-electron chi connectivity index (χ0n) is 9.38. The second-order valence-corrected chi connectivity index (χ2v) is 4.62. The van der Waals surface area contributed by atoms with Gasteiger partial charge in [0.1, 0.15) is 16.6 Å². The highest BCUT2D eigenvalue weighted by atomic mass is 35.5. The Morgan fingerprint density at radius 2 is 2.28 bits per heavy atom. The van der Waals surface area contributed by atoms with Crippen molar-refractivity contribution in [3.05, 3.63) is 33.8 Å². The van der Waals surface area contributed by atoms with E-state index >= 15 is 0 Å². The average Bonchev–Trinajstić information content (AvgIpc) is 2.81. The maximum absolute atomic E-state index is 8.78. The quantitative estimate of drug-likeness (QED) is 0.862. The van der Waals surface area contributed by atoms with Gasteiger partial charge < -0.3 is 9.47 Å². The van der Waals surface area contributed by atoms with Crippen molar-refractivity contribution in [2.24, 2.45) is 0 Å². The molecule has 0 spiro atoms. The molecular formula is C11H8ClN3O2S. The highest BCUT2D eigenvalue weighted by Gasteiger charge is 2.09. The molecule has 2 aromatic rings. The Balaban J connectivity index is 2.15. The van der Waals surface area contributed by atoms with E-state index in [1.807, 2.05) is 6.07 Å². The van der Waals surface area contributed by atoms with Crippen molar-refractivity contribution in [2.45, 2.75) is 6.61 Å². The predicted molar refractivity (Wildman–Crippen MR) is 67.0 cm³/mol. The van der Waals surface area contributed by atoms with Crippen molar-refractivity contribution in [1.29, 1.82) is 5.26 Å². The van der Waals surface area contributed by atoms with Crippen molar-refractivity contribution in [3.8, 4) is 17.6 Å². The van der Waals surface area contributed by atoms with Crippen LogP contribution in [0, 0.1) is 11.3 Å². The van der Waals surface area contributed by atoms with Gasteiger partial charge in [-0.05, 0) is 12.1 Å². The molecule has 0 aliphatic rings. The lowest BCUT2D eigenvalue weighted by Crippen LogP contribution is -1.99. The normalized spacial score (nSPS) is 9.83. The van der Waals surface area contributed by atoms with Crippen LogP contribution in [0.3, 0.4) is 0 Å². The Labute approximate surface area is 113 Å². The van der Waals surface area contributed by atoms with E-state index < -0.39 is 0 Å². The lowest BCUT2D eigenvalue weighted by molar-refractivity contribution is 0.280. The third-order valence-electron chi connectivity index (χ3n) is 2.17. The van der Waals surface area contributed by atoms with Crippen LogP contribution in [-0.2, 0) is 6.61 Å². The van der Waals surface area contributed by atoms with Crippen molar-refractivity contribution < 1.29 is 9.47 Å². The number of nitrogens with zero attached hydrogens (tertiary/aromatic N) is 3. The van der Waals surface area contributed by atoms with Gasteiger partial charge in [0.25, 0.3) is 0 Å². The molecule has 1 heterocycles. The third-order valence-corrected chi connectivity index (χ3v) is 3.15. The summed E-state index contributed by atoms with van der Waals surface area (Å²) in [7, 11) is 1.51. The molecule has 0 aliphatic carbocycles. The fraction of sp³-hybridized carbons (Fsp3) is 0.182. The highest BCUT2D eigenvalue weighted by Crippen LogP contribution is 2.29. The summed E-state index contributed by atoms with van der Waals surface area (Å²) in [5, 5.41) is 12.6. The van der Waals surface area contributed by atoms with Gasteiger partial charge in [-0.3, -0.25) is 0 Å². The molecule has 0 radical (unpaired) electrons. The first-order valence-electron chi connectivity index (χ1n) is 4.92. The van der Waals surface area contributed by atoms with Crippen LogP contribution in [0.15, 0.2) is 18.2 Å². The van der Waals surface area contributed by atoms with Crippen molar-refractivity contribution in [2.75, 3.05) is 7.11 Å². The predicted octanol–water partition coefficient (Wildman–Crippen LogP) is 2.65. The summed E-state index contributed by atoms with van der Waals surface area (Å²) in [5.41, 5.74) is 1.08. The summed E-state index contributed by atoms with van der Waals surface area (Å²) in [5.74, 6) is 1.02. The second-order valence-electron chi connectivity index (χ2n) is 3.26. The van der Waals surface area contributed by atoms with Crippen LogP contribution in [0.2, 0.25) is 4.34 Å². The molecule has 0 saturated carbocycles. The molecule has 0 aliphatic heterocycles. The van der Waals surface area contributed by atoms with E-state index in [1.54, 1.807) is 18.2 Å². The fourth-order valence-electron chi connectivity index (χ4n) is 1.29. The molecule has 1 aromatic carbocycles. The number of rotatable bonds is 4. The number of hydrogen-bond donors (Lipinski definition) is 0. The molecule has 0 bridgehead atoms. The average molecular weight is 282 g/mol. The van der Waals surface area contributed by atoms with E-state index in [0.717, 1.165) is 11.5 Å².